The lowest BCUT2D eigenvalue weighted by molar-refractivity contribution is -0.137. The third-order valence-corrected chi connectivity index (χ3v) is 12.6. The van der Waals surface area contributed by atoms with Gasteiger partial charge in [0.1, 0.15) is 0 Å². The van der Waals surface area contributed by atoms with E-state index < -0.39 is 22.9 Å². The standard InChI is InChI=1S/C24H27N3O4.C22H24N4O4/c1-16(2)22(29)26-13-11-24(12-14-26)20-6-4-3-5-19(20)23(30)27(24)15-17-7-9-18(10-8-17)21(28)25-31;1-23-21(29)25-12-10-22(11-13-25)18-5-3-2-4-17(18)20(28)26(22)14-15-6-8-16(9-7-15)19(27)24-30/h3-10,16,31H,11-15H2,1-2H3,(H,25,28);2-9,30H,10-14H2,1H3,(H,23,29)(H,24,27). The normalized spacial score (nSPS) is 17.1. The third kappa shape index (κ3) is 7.93. The largest absolute Gasteiger partial charge is 0.342 e. The summed E-state index contributed by atoms with van der Waals surface area (Å²) in [6.45, 7) is 6.99. The van der Waals surface area contributed by atoms with Crippen molar-refractivity contribution in [3.8, 4) is 0 Å². The average molecular weight is 830 g/mol. The second-order valence-corrected chi connectivity index (χ2v) is 16.2. The molecule has 5 N–H and O–H groups in total. The average Bonchev–Trinajstić information content (AvgIpc) is 3.66. The first-order valence-corrected chi connectivity index (χ1v) is 20.5. The van der Waals surface area contributed by atoms with E-state index in [1.807, 2.05) is 77.1 Å². The Balaban J connectivity index is 0.000000184. The molecule has 61 heavy (non-hydrogen) atoms. The second kappa shape index (κ2) is 17.6. The number of hydrogen-bond acceptors (Lipinski definition) is 8. The van der Waals surface area contributed by atoms with Gasteiger partial charge in [-0.3, -0.25) is 34.4 Å². The molecule has 4 heterocycles. The highest BCUT2D eigenvalue weighted by Gasteiger charge is 2.52. The number of hydrogen-bond donors (Lipinski definition) is 5. The van der Waals surface area contributed by atoms with Crippen molar-refractivity contribution in [3.05, 3.63) is 142 Å². The van der Waals surface area contributed by atoms with Crippen molar-refractivity contribution in [3.63, 3.8) is 0 Å². The van der Waals surface area contributed by atoms with Gasteiger partial charge in [-0.2, -0.15) is 0 Å². The minimum absolute atomic E-state index is 0.00332. The maximum atomic E-state index is 13.4. The van der Waals surface area contributed by atoms with Gasteiger partial charge in [0.15, 0.2) is 0 Å². The zero-order chi connectivity index (χ0) is 43.5. The third-order valence-electron chi connectivity index (χ3n) is 12.6. The van der Waals surface area contributed by atoms with Crippen molar-refractivity contribution in [2.45, 2.75) is 63.7 Å². The summed E-state index contributed by atoms with van der Waals surface area (Å²) in [6.07, 6.45) is 2.71. The molecule has 0 bridgehead atoms. The van der Waals surface area contributed by atoms with Crippen LogP contribution in [-0.2, 0) is 29.0 Å². The van der Waals surface area contributed by atoms with E-state index >= 15 is 0 Å². The van der Waals surface area contributed by atoms with Gasteiger partial charge in [0.05, 0.1) is 11.1 Å². The maximum absolute atomic E-state index is 13.4. The lowest BCUT2D eigenvalue weighted by Crippen LogP contribution is -2.53. The van der Waals surface area contributed by atoms with Crippen molar-refractivity contribution in [1.29, 1.82) is 0 Å². The van der Waals surface area contributed by atoms with Gasteiger partial charge in [-0.25, -0.2) is 15.8 Å². The fourth-order valence-electron chi connectivity index (χ4n) is 9.36. The predicted molar refractivity (Wildman–Crippen MR) is 223 cm³/mol. The SMILES string of the molecule is CC(C)C(=O)N1CCC2(CC1)c1ccccc1C(=O)N2Cc1ccc(C(=O)NO)cc1.CNC(=O)N1CCC2(CC1)c1ccccc1C(=O)N2Cc1ccc(C(=O)NO)cc1. The number of hydroxylamine groups is 2. The molecule has 4 aromatic rings. The highest BCUT2D eigenvalue weighted by molar-refractivity contribution is 6.01. The first-order chi connectivity index (χ1) is 29.4. The molecule has 2 saturated heterocycles. The Labute approximate surface area is 354 Å². The van der Waals surface area contributed by atoms with Crippen molar-refractivity contribution in [1.82, 2.24) is 35.9 Å². The Morgan fingerprint density at radius 2 is 0.967 bits per heavy atom. The van der Waals surface area contributed by atoms with Gasteiger partial charge in [-0.05, 0) is 84.3 Å². The fourth-order valence-corrected chi connectivity index (χ4v) is 9.36. The van der Waals surface area contributed by atoms with E-state index in [1.165, 1.54) is 0 Å². The highest BCUT2D eigenvalue weighted by Crippen LogP contribution is 2.48. The van der Waals surface area contributed by atoms with Crippen LogP contribution >= 0.6 is 0 Å². The summed E-state index contributed by atoms with van der Waals surface area (Å²) in [5.41, 5.74) is 8.30. The molecule has 0 unspecified atom stereocenters. The lowest BCUT2D eigenvalue weighted by atomic mass is 9.80. The quantitative estimate of drug-likeness (QED) is 0.127. The van der Waals surface area contributed by atoms with E-state index in [0.717, 1.165) is 27.8 Å². The lowest BCUT2D eigenvalue weighted by Gasteiger charge is -2.46. The van der Waals surface area contributed by atoms with Crippen LogP contribution in [0.1, 0.15) is 103 Å². The summed E-state index contributed by atoms with van der Waals surface area (Å²) in [6, 6.07) is 29.0. The first-order valence-electron chi connectivity index (χ1n) is 20.5. The molecule has 4 aliphatic heterocycles. The molecular formula is C46H51N7O8. The summed E-state index contributed by atoms with van der Waals surface area (Å²) < 4.78 is 0. The van der Waals surface area contributed by atoms with Crippen molar-refractivity contribution in [2.24, 2.45) is 5.92 Å². The molecule has 4 aliphatic rings. The molecule has 15 heteroatoms. The summed E-state index contributed by atoms with van der Waals surface area (Å²) >= 11 is 0. The van der Waals surface area contributed by atoms with Crippen molar-refractivity contribution in [2.75, 3.05) is 33.2 Å². The van der Waals surface area contributed by atoms with Crippen LogP contribution in [-0.4, -0.2) is 98.8 Å². The molecule has 15 nitrogen and oxygen atoms in total. The summed E-state index contributed by atoms with van der Waals surface area (Å²) in [5, 5.41) is 20.3. The Hall–Kier alpha value is -6.58. The van der Waals surface area contributed by atoms with Crippen molar-refractivity contribution < 1.29 is 39.2 Å². The van der Waals surface area contributed by atoms with Crippen LogP contribution in [0, 0.1) is 5.92 Å². The molecule has 0 atom stereocenters. The monoisotopic (exact) mass is 829 g/mol. The zero-order valence-electron chi connectivity index (χ0n) is 34.5. The molecule has 2 fully saturated rings. The molecule has 0 radical (unpaired) electrons. The topological polar surface area (TPSA) is 192 Å². The Morgan fingerprint density at radius 3 is 1.33 bits per heavy atom. The van der Waals surface area contributed by atoms with Crippen LogP contribution in [0.3, 0.4) is 0 Å². The number of urea groups is 1. The van der Waals surface area contributed by atoms with Gasteiger partial charge in [-0.1, -0.05) is 74.5 Å². The van der Waals surface area contributed by atoms with E-state index in [2.05, 4.69) is 5.32 Å². The van der Waals surface area contributed by atoms with Gasteiger partial charge in [0.2, 0.25) is 5.91 Å². The molecule has 4 aromatic carbocycles. The van der Waals surface area contributed by atoms with Crippen molar-refractivity contribution >= 4 is 35.6 Å². The summed E-state index contributed by atoms with van der Waals surface area (Å²) in [4.78, 5) is 81.9. The molecule has 0 aliphatic carbocycles. The smallest absolute Gasteiger partial charge is 0.317 e. The minimum atomic E-state index is -0.579. The summed E-state index contributed by atoms with van der Waals surface area (Å²) in [7, 11) is 1.62. The number of amides is 7. The number of fused-ring (bicyclic) bond motifs is 4. The molecule has 2 spiro atoms. The van der Waals surface area contributed by atoms with Crippen LogP contribution in [0.4, 0.5) is 4.79 Å². The predicted octanol–water partition coefficient (Wildman–Crippen LogP) is 5.03. The van der Waals surface area contributed by atoms with Crippen LogP contribution in [0.5, 0.6) is 0 Å². The Morgan fingerprint density at radius 1 is 0.590 bits per heavy atom. The Bertz CT molecular complexity index is 2310. The van der Waals surface area contributed by atoms with E-state index in [0.29, 0.717) is 81.6 Å². The number of nitrogens with one attached hydrogen (secondary N) is 3. The van der Waals surface area contributed by atoms with Crippen LogP contribution in [0.2, 0.25) is 0 Å². The van der Waals surface area contributed by atoms with Gasteiger partial charge in [-0.15, -0.1) is 0 Å². The molecular weight excluding hydrogens is 779 g/mol. The zero-order valence-corrected chi connectivity index (χ0v) is 34.5. The first kappa shape index (κ1) is 42.5. The molecule has 7 amide bonds. The maximum Gasteiger partial charge on any atom is 0.317 e. The number of carbonyl (C=O) groups excluding carboxylic acids is 6. The van der Waals surface area contributed by atoms with Crippen LogP contribution < -0.4 is 16.3 Å². The van der Waals surface area contributed by atoms with E-state index in [-0.39, 0.29) is 29.7 Å². The number of carbonyl (C=O) groups is 6. The molecule has 0 aromatic heterocycles. The van der Waals surface area contributed by atoms with Crippen LogP contribution in [0.25, 0.3) is 0 Å². The van der Waals surface area contributed by atoms with Gasteiger partial charge >= 0.3 is 6.03 Å². The van der Waals surface area contributed by atoms with E-state index in [1.54, 1.807) is 71.4 Å². The van der Waals surface area contributed by atoms with E-state index in [9.17, 15) is 28.8 Å². The number of rotatable bonds is 7. The number of nitrogens with zero attached hydrogens (tertiary/aromatic N) is 4. The minimum Gasteiger partial charge on any atom is -0.342 e. The van der Waals surface area contributed by atoms with Gasteiger partial charge in [0.25, 0.3) is 23.6 Å². The Kier molecular flexibility index (Phi) is 12.2. The van der Waals surface area contributed by atoms with Crippen LogP contribution in [0.15, 0.2) is 97.1 Å². The van der Waals surface area contributed by atoms with Gasteiger partial charge in [0, 0.05) is 74.5 Å². The molecule has 8 rings (SSSR count). The number of piperidine rings is 2. The summed E-state index contributed by atoms with van der Waals surface area (Å²) in [5.74, 6) is -1.07. The van der Waals surface area contributed by atoms with Gasteiger partial charge < -0.3 is 24.9 Å². The van der Waals surface area contributed by atoms with E-state index in [4.69, 9.17) is 10.4 Å². The molecule has 318 valence electrons. The molecule has 0 saturated carbocycles. The fraction of sp³-hybridized carbons (Fsp3) is 0.348. The number of benzene rings is 4. The number of likely N-dealkylation sites (tertiary alicyclic amines) is 2. The second-order valence-electron chi connectivity index (χ2n) is 16.2. The highest BCUT2D eigenvalue weighted by atomic mass is 16.5.